The van der Waals surface area contributed by atoms with E-state index in [0.29, 0.717) is 23.7 Å². The quantitative estimate of drug-likeness (QED) is 0.586. The monoisotopic (exact) mass is 457 g/mol. The van der Waals surface area contributed by atoms with Gasteiger partial charge in [-0.3, -0.25) is 20.1 Å². The van der Waals surface area contributed by atoms with E-state index < -0.39 is 5.91 Å². The number of nitrogens with zero attached hydrogens (tertiary/aromatic N) is 3. The number of allylic oxidation sites excluding steroid dienone is 3. The number of aromatic nitrogens is 3. The van der Waals surface area contributed by atoms with Crippen LogP contribution in [0.3, 0.4) is 0 Å². The molecule has 9 nitrogen and oxygen atoms in total. The molecule has 2 aliphatic rings. The fourth-order valence-electron chi connectivity index (χ4n) is 3.98. The number of hydrogen-bond acceptors (Lipinski definition) is 7. The number of nitrogens with one attached hydrogen (secondary N) is 2. The number of rotatable bonds is 6. The standard InChI is InChI=1S/C25H23N5O4/c1-15-12-19(17-8-10-18(33-2)11-9-17)23-21(22(15)31)30(14-34-23)29-25(32)24-26-20(27-28-24)13-16-6-4-3-5-7-16/h3-12,15H,13-14H2,1-2H3,(H,29,32)(H,26,27,28)/t15-/m0/s1. The van der Waals surface area contributed by atoms with Crippen LogP contribution >= 0.6 is 0 Å². The fraction of sp³-hybridized carbons (Fsp3) is 0.200. The number of hydrazine groups is 1. The van der Waals surface area contributed by atoms with Crippen LogP contribution in [-0.4, -0.2) is 45.7 Å². The molecule has 0 radical (unpaired) electrons. The minimum absolute atomic E-state index is 0.00363. The lowest BCUT2D eigenvalue weighted by Crippen LogP contribution is -2.43. The molecule has 1 aliphatic carbocycles. The zero-order valence-electron chi connectivity index (χ0n) is 18.7. The van der Waals surface area contributed by atoms with Gasteiger partial charge in [-0.05, 0) is 23.3 Å². The highest BCUT2D eigenvalue weighted by Crippen LogP contribution is 2.38. The second kappa shape index (κ2) is 8.86. The Balaban J connectivity index is 1.35. The molecule has 0 spiro atoms. The maximum atomic E-state index is 13.0. The molecule has 172 valence electrons. The molecule has 0 unspecified atom stereocenters. The summed E-state index contributed by atoms with van der Waals surface area (Å²) in [6.07, 6.45) is 2.40. The molecular formula is C25H23N5O4. The number of benzene rings is 2. The summed E-state index contributed by atoms with van der Waals surface area (Å²) in [5.74, 6) is 0.686. The molecule has 1 aromatic heterocycles. The van der Waals surface area contributed by atoms with Gasteiger partial charge in [-0.15, -0.1) is 5.10 Å². The van der Waals surface area contributed by atoms with Crippen molar-refractivity contribution in [2.45, 2.75) is 13.3 Å². The molecule has 0 saturated heterocycles. The maximum absolute atomic E-state index is 13.0. The molecule has 0 saturated carbocycles. The minimum atomic E-state index is -0.533. The Labute approximate surface area is 196 Å². The molecule has 0 bridgehead atoms. The van der Waals surface area contributed by atoms with Crippen LogP contribution in [0.5, 0.6) is 5.75 Å². The molecule has 2 N–H and O–H groups in total. The molecule has 1 aliphatic heterocycles. The lowest BCUT2D eigenvalue weighted by molar-refractivity contribution is -0.119. The van der Waals surface area contributed by atoms with Crippen molar-refractivity contribution in [2.75, 3.05) is 13.8 Å². The van der Waals surface area contributed by atoms with Gasteiger partial charge in [0.2, 0.25) is 5.82 Å². The first-order valence-electron chi connectivity index (χ1n) is 10.8. The second-order valence-corrected chi connectivity index (χ2v) is 8.05. The Bertz CT molecular complexity index is 1290. The number of ketones is 1. The van der Waals surface area contributed by atoms with Crippen molar-refractivity contribution < 1.29 is 19.1 Å². The van der Waals surface area contributed by atoms with Crippen LogP contribution in [0, 0.1) is 5.92 Å². The highest BCUT2D eigenvalue weighted by Gasteiger charge is 2.38. The zero-order chi connectivity index (χ0) is 23.7. The first-order chi connectivity index (χ1) is 16.5. The van der Waals surface area contributed by atoms with Gasteiger partial charge in [0.15, 0.2) is 18.3 Å². The molecule has 0 fully saturated rings. The van der Waals surface area contributed by atoms with E-state index in [1.807, 2.05) is 67.6 Å². The normalized spacial score (nSPS) is 17.2. The molecule has 34 heavy (non-hydrogen) atoms. The smallest absolute Gasteiger partial charge is 0.309 e. The van der Waals surface area contributed by atoms with Crippen LogP contribution in [-0.2, 0) is 16.0 Å². The Morgan fingerprint density at radius 1 is 1.21 bits per heavy atom. The number of amides is 1. The van der Waals surface area contributed by atoms with E-state index in [4.69, 9.17) is 9.47 Å². The predicted molar refractivity (Wildman–Crippen MR) is 123 cm³/mol. The predicted octanol–water partition coefficient (Wildman–Crippen LogP) is 2.85. The molecule has 2 aromatic carbocycles. The van der Waals surface area contributed by atoms with Gasteiger partial charge in [-0.25, -0.2) is 9.99 Å². The van der Waals surface area contributed by atoms with E-state index >= 15 is 0 Å². The van der Waals surface area contributed by atoms with Crippen LogP contribution in [0.2, 0.25) is 0 Å². The summed E-state index contributed by atoms with van der Waals surface area (Å²) in [7, 11) is 1.61. The van der Waals surface area contributed by atoms with E-state index in [2.05, 4.69) is 20.6 Å². The van der Waals surface area contributed by atoms with Crippen LogP contribution in [0.25, 0.3) is 5.57 Å². The summed E-state index contributed by atoms with van der Waals surface area (Å²) in [5, 5.41) is 8.25. The Morgan fingerprint density at radius 3 is 2.71 bits per heavy atom. The van der Waals surface area contributed by atoms with Gasteiger partial charge >= 0.3 is 5.91 Å². The number of H-pyrrole nitrogens is 1. The third-order valence-electron chi connectivity index (χ3n) is 5.72. The lowest BCUT2D eigenvalue weighted by Gasteiger charge is -2.23. The van der Waals surface area contributed by atoms with Crippen molar-refractivity contribution in [1.82, 2.24) is 25.6 Å². The van der Waals surface area contributed by atoms with Gasteiger partial charge in [0.1, 0.15) is 17.3 Å². The largest absolute Gasteiger partial charge is 0.497 e. The molecule has 3 aromatic rings. The average molecular weight is 457 g/mol. The SMILES string of the molecule is COc1ccc(C2=C[C@H](C)C(=O)C3=C2OCN3NC(=O)c2n[nH]c(Cc3ccccc3)n2)cc1. The van der Waals surface area contributed by atoms with E-state index in [9.17, 15) is 9.59 Å². The molecule has 2 heterocycles. The minimum Gasteiger partial charge on any atom is -0.497 e. The highest BCUT2D eigenvalue weighted by atomic mass is 16.5. The van der Waals surface area contributed by atoms with Crippen LogP contribution < -0.4 is 10.2 Å². The maximum Gasteiger partial charge on any atom is 0.309 e. The number of Topliss-reactive ketones (excluding diaryl/α,β-unsaturated/α-hetero) is 1. The Kier molecular flexibility index (Phi) is 5.59. The first-order valence-corrected chi connectivity index (χ1v) is 10.8. The van der Waals surface area contributed by atoms with Gasteiger partial charge in [-0.2, -0.15) is 0 Å². The topological polar surface area (TPSA) is 109 Å². The van der Waals surface area contributed by atoms with Crippen molar-refractivity contribution in [3.8, 4) is 5.75 Å². The van der Waals surface area contributed by atoms with Crippen LogP contribution in [0.4, 0.5) is 0 Å². The third kappa shape index (κ3) is 4.03. The van der Waals surface area contributed by atoms with Crippen LogP contribution in [0.1, 0.15) is 34.5 Å². The van der Waals surface area contributed by atoms with Crippen molar-refractivity contribution >= 4 is 17.3 Å². The summed E-state index contributed by atoms with van der Waals surface area (Å²) >= 11 is 0. The molecule has 5 rings (SSSR count). The van der Waals surface area contributed by atoms with E-state index in [1.165, 1.54) is 5.01 Å². The number of hydrogen-bond donors (Lipinski definition) is 2. The van der Waals surface area contributed by atoms with Gasteiger partial charge in [0.25, 0.3) is 0 Å². The molecule has 1 atom stereocenters. The van der Waals surface area contributed by atoms with Crippen molar-refractivity contribution in [3.63, 3.8) is 0 Å². The van der Waals surface area contributed by atoms with Crippen LogP contribution in [0.15, 0.2) is 72.1 Å². The fourth-order valence-corrected chi connectivity index (χ4v) is 3.98. The number of carbonyl (C=O) groups excluding carboxylic acids is 2. The van der Waals surface area contributed by atoms with Crippen molar-refractivity contribution in [2.24, 2.45) is 5.92 Å². The summed E-state index contributed by atoms with van der Waals surface area (Å²) < 4.78 is 11.1. The lowest BCUT2D eigenvalue weighted by atomic mass is 9.89. The Morgan fingerprint density at radius 2 is 1.97 bits per heavy atom. The second-order valence-electron chi connectivity index (χ2n) is 8.05. The van der Waals surface area contributed by atoms with Gasteiger partial charge < -0.3 is 9.47 Å². The number of methoxy groups -OCH3 is 1. The van der Waals surface area contributed by atoms with E-state index in [0.717, 1.165) is 22.4 Å². The number of carbonyl (C=O) groups is 2. The molecule has 9 heteroatoms. The van der Waals surface area contributed by atoms with Gasteiger partial charge in [-0.1, -0.05) is 55.5 Å². The van der Waals surface area contributed by atoms with Crippen molar-refractivity contribution in [3.05, 3.63) is 94.9 Å². The van der Waals surface area contributed by atoms with Gasteiger partial charge in [0.05, 0.1) is 7.11 Å². The molecular weight excluding hydrogens is 434 g/mol. The number of ether oxygens (including phenoxy) is 2. The average Bonchev–Trinajstić information content (AvgIpc) is 3.50. The van der Waals surface area contributed by atoms with E-state index in [1.54, 1.807) is 7.11 Å². The Hall–Kier alpha value is -4.40. The van der Waals surface area contributed by atoms with E-state index in [-0.39, 0.29) is 24.3 Å². The van der Waals surface area contributed by atoms with Crippen molar-refractivity contribution in [1.29, 1.82) is 0 Å². The summed E-state index contributed by atoms with van der Waals surface area (Å²) in [6.45, 7) is 1.82. The first kappa shape index (κ1) is 21.4. The van der Waals surface area contributed by atoms with Gasteiger partial charge in [0, 0.05) is 17.9 Å². The zero-order valence-corrected chi connectivity index (χ0v) is 18.7. The summed E-state index contributed by atoms with van der Waals surface area (Å²) in [4.78, 5) is 30.1. The summed E-state index contributed by atoms with van der Waals surface area (Å²) in [5.41, 5.74) is 5.76. The molecule has 1 amide bonds. The highest BCUT2D eigenvalue weighted by molar-refractivity contribution is 6.05. The third-order valence-corrected chi connectivity index (χ3v) is 5.72. The number of aromatic amines is 1. The summed E-state index contributed by atoms with van der Waals surface area (Å²) in [6, 6.07) is 17.3.